The van der Waals surface area contributed by atoms with Gasteiger partial charge >= 0.3 is 12.1 Å². The molecule has 272 valence electrons. The van der Waals surface area contributed by atoms with Crippen LogP contribution in [0.5, 0.6) is 5.75 Å². The third-order valence-electron chi connectivity index (χ3n) is 7.85. The number of carbonyl (C=O) groups excluding carboxylic acids is 4. The average Bonchev–Trinajstić information content (AvgIpc) is 2.96. The van der Waals surface area contributed by atoms with Gasteiger partial charge in [0.05, 0.1) is 0 Å². The average molecular weight is 682 g/mol. The van der Waals surface area contributed by atoms with Gasteiger partial charge in [0.25, 0.3) is 0 Å². The van der Waals surface area contributed by atoms with Crippen LogP contribution in [-0.4, -0.2) is 63.2 Å². The molecule has 10 heteroatoms. The van der Waals surface area contributed by atoms with Gasteiger partial charge in [-0.25, -0.2) is 9.59 Å². The molecule has 0 fully saturated rings. The van der Waals surface area contributed by atoms with E-state index in [0.29, 0.717) is 23.5 Å². The van der Waals surface area contributed by atoms with Crippen LogP contribution in [0.3, 0.4) is 0 Å². The number of aromatic hydroxyl groups is 1. The molecule has 0 saturated heterocycles. The second kappa shape index (κ2) is 17.5. The van der Waals surface area contributed by atoms with Gasteiger partial charge in [0, 0.05) is 12.5 Å². The smallest absolute Gasteiger partial charge is 0.408 e. The van der Waals surface area contributed by atoms with E-state index < -0.39 is 59.2 Å². The number of alkyl carbamates (subject to hydrolysis) is 1. The number of nitrogens with zero attached hydrogens (tertiary/aromatic N) is 1. The maximum atomic E-state index is 14.8. The minimum atomic E-state index is -1.23. The van der Waals surface area contributed by atoms with Crippen molar-refractivity contribution < 1.29 is 33.8 Å². The Labute approximate surface area is 293 Å². The van der Waals surface area contributed by atoms with E-state index in [2.05, 4.69) is 24.5 Å². The first-order valence-electron chi connectivity index (χ1n) is 17.3. The highest BCUT2D eigenvalue weighted by Gasteiger charge is 2.41. The Hall–Kier alpha value is -4.08. The second-order valence-corrected chi connectivity index (χ2v) is 15.7. The zero-order valence-corrected chi connectivity index (χ0v) is 31.5. The predicted octanol–water partition coefficient (Wildman–Crippen LogP) is 7.01. The summed E-state index contributed by atoms with van der Waals surface area (Å²) in [6, 6.07) is 10.3. The summed E-state index contributed by atoms with van der Waals surface area (Å²) in [4.78, 5) is 57.6. The Balaban J connectivity index is 2.74. The summed E-state index contributed by atoms with van der Waals surface area (Å²) in [5.74, 6) is -1.68. The molecule has 0 aliphatic heterocycles. The summed E-state index contributed by atoms with van der Waals surface area (Å²) in [6.45, 7) is 21.9. The molecule has 0 radical (unpaired) electrons. The molecule has 0 heterocycles. The van der Waals surface area contributed by atoms with Crippen molar-refractivity contribution in [2.24, 2.45) is 11.8 Å². The lowest BCUT2D eigenvalue weighted by Crippen LogP contribution is -2.58. The van der Waals surface area contributed by atoms with Crippen LogP contribution < -0.4 is 10.6 Å². The summed E-state index contributed by atoms with van der Waals surface area (Å²) in [6.07, 6.45) is 0.757. The third-order valence-corrected chi connectivity index (χ3v) is 7.85. The van der Waals surface area contributed by atoms with E-state index >= 15 is 0 Å². The maximum absolute atomic E-state index is 14.8. The molecule has 2 rings (SSSR count). The van der Waals surface area contributed by atoms with E-state index in [-0.39, 0.29) is 18.1 Å². The zero-order valence-electron chi connectivity index (χ0n) is 31.5. The summed E-state index contributed by atoms with van der Waals surface area (Å²) >= 11 is 0. The van der Waals surface area contributed by atoms with Crippen molar-refractivity contribution >= 4 is 23.9 Å². The van der Waals surface area contributed by atoms with Gasteiger partial charge in [-0.1, -0.05) is 64.1 Å². The van der Waals surface area contributed by atoms with Gasteiger partial charge in [0.1, 0.15) is 35.1 Å². The van der Waals surface area contributed by atoms with E-state index in [0.717, 1.165) is 12.0 Å². The van der Waals surface area contributed by atoms with Crippen molar-refractivity contribution in [2.45, 2.75) is 138 Å². The van der Waals surface area contributed by atoms with E-state index in [1.165, 1.54) is 11.0 Å². The highest BCUT2D eigenvalue weighted by atomic mass is 16.6. The maximum Gasteiger partial charge on any atom is 0.408 e. The number of esters is 1. The largest absolute Gasteiger partial charge is 0.508 e. The van der Waals surface area contributed by atoms with Crippen LogP contribution in [-0.2, 0) is 30.3 Å². The molecule has 0 aliphatic carbocycles. The predicted molar refractivity (Wildman–Crippen MR) is 192 cm³/mol. The van der Waals surface area contributed by atoms with Crippen molar-refractivity contribution in [1.29, 1.82) is 0 Å². The molecule has 0 aliphatic rings. The van der Waals surface area contributed by atoms with Crippen LogP contribution in [0.2, 0.25) is 0 Å². The van der Waals surface area contributed by atoms with Crippen LogP contribution >= 0.6 is 0 Å². The quantitative estimate of drug-likeness (QED) is 0.183. The summed E-state index contributed by atoms with van der Waals surface area (Å²) < 4.78 is 11.2. The molecule has 2 aromatic rings. The Kier molecular flexibility index (Phi) is 14.7. The minimum absolute atomic E-state index is 0.0380. The fourth-order valence-electron chi connectivity index (χ4n) is 5.37. The number of hydrogen-bond donors (Lipinski definition) is 3. The fourth-order valence-corrected chi connectivity index (χ4v) is 5.37. The molecule has 0 spiro atoms. The Morgan fingerprint density at radius 1 is 0.816 bits per heavy atom. The SMILES string of the molecule is Cc1cc(C(C(=O)NC(Cc2ccccc2)C(=O)OC(C)(C)C)N(C(=O)C(NC(=O)OC(C)(C)C)C(C)C)C(C)CCC(C)C)ccc1O. The van der Waals surface area contributed by atoms with Gasteiger partial charge < -0.3 is 30.1 Å². The van der Waals surface area contributed by atoms with Crippen LogP contribution in [0.1, 0.15) is 112 Å². The normalized spacial score (nSPS) is 14.4. The highest BCUT2D eigenvalue weighted by molar-refractivity contribution is 5.94. The molecule has 3 amide bonds. The van der Waals surface area contributed by atoms with Crippen molar-refractivity contribution in [3.8, 4) is 5.75 Å². The molecule has 0 bridgehead atoms. The first kappa shape index (κ1) is 41.1. The number of hydrogen-bond acceptors (Lipinski definition) is 7. The Bertz CT molecular complexity index is 1410. The Morgan fingerprint density at radius 2 is 1.41 bits per heavy atom. The van der Waals surface area contributed by atoms with Crippen molar-refractivity contribution in [3.63, 3.8) is 0 Å². The lowest BCUT2D eigenvalue weighted by atomic mass is 9.94. The molecular formula is C39H59N3O7. The lowest BCUT2D eigenvalue weighted by Gasteiger charge is -2.40. The van der Waals surface area contributed by atoms with Crippen LogP contribution in [0.4, 0.5) is 4.79 Å². The monoisotopic (exact) mass is 681 g/mol. The number of amides is 3. The number of phenols is 1. The standard InChI is InChI=1S/C39H59N3O7/c1-24(2)18-19-27(6)42(35(45)32(25(3)4)41-37(47)49-39(10,11)12)33(29-20-21-31(43)26(5)22-29)34(44)40-30(36(46)48-38(7,8)9)23-28-16-14-13-15-17-28/h13-17,20-22,24-25,27,30,32-33,43H,18-19,23H2,1-12H3,(H,40,44)(H,41,47). The van der Waals surface area contributed by atoms with Gasteiger partial charge in [-0.05, 0) is 109 Å². The van der Waals surface area contributed by atoms with Gasteiger partial charge in [-0.3, -0.25) is 9.59 Å². The lowest BCUT2D eigenvalue weighted by molar-refractivity contribution is -0.159. The number of aryl methyl sites for hydroxylation is 1. The first-order valence-corrected chi connectivity index (χ1v) is 17.3. The van der Waals surface area contributed by atoms with E-state index in [1.807, 2.05) is 51.1 Å². The van der Waals surface area contributed by atoms with Crippen molar-refractivity contribution in [1.82, 2.24) is 15.5 Å². The number of nitrogens with one attached hydrogen (secondary N) is 2. The highest BCUT2D eigenvalue weighted by Crippen LogP contribution is 2.31. The number of benzene rings is 2. The second-order valence-electron chi connectivity index (χ2n) is 15.7. The zero-order chi connectivity index (χ0) is 37.3. The van der Waals surface area contributed by atoms with Crippen LogP contribution in [0.15, 0.2) is 48.5 Å². The Morgan fingerprint density at radius 3 is 1.92 bits per heavy atom. The van der Waals surface area contributed by atoms with E-state index in [1.54, 1.807) is 60.6 Å². The van der Waals surface area contributed by atoms with Gasteiger partial charge in [0.2, 0.25) is 11.8 Å². The molecular weight excluding hydrogens is 622 g/mol. The first-order chi connectivity index (χ1) is 22.6. The minimum Gasteiger partial charge on any atom is -0.508 e. The molecule has 3 N–H and O–H groups in total. The van der Waals surface area contributed by atoms with Crippen LogP contribution in [0.25, 0.3) is 0 Å². The molecule has 4 atom stereocenters. The topological polar surface area (TPSA) is 134 Å². The summed E-state index contributed by atoms with van der Waals surface area (Å²) in [5, 5.41) is 16.1. The number of ether oxygens (including phenoxy) is 2. The van der Waals surface area contributed by atoms with Gasteiger partial charge in [-0.15, -0.1) is 0 Å². The molecule has 0 saturated carbocycles. The molecule has 2 aromatic carbocycles. The van der Waals surface area contributed by atoms with E-state index in [9.17, 15) is 24.3 Å². The molecule has 49 heavy (non-hydrogen) atoms. The fraction of sp³-hybridized carbons (Fsp3) is 0.590. The summed E-state index contributed by atoms with van der Waals surface area (Å²) in [7, 11) is 0. The number of rotatable bonds is 14. The third kappa shape index (κ3) is 13.4. The van der Waals surface area contributed by atoms with Gasteiger partial charge in [-0.2, -0.15) is 0 Å². The van der Waals surface area contributed by atoms with Gasteiger partial charge in [0.15, 0.2) is 0 Å². The number of phenolic OH excluding ortho intramolecular Hbond substituents is 1. The number of carbonyl (C=O) groups is 4. The van der Waals surface area contributed by atoms with E-state index in [4.69, 9.17) is 9.47 Å². The van der Waals surface area contributed by atoms with Crippen LogP contribution in [0, 0.1) is 18.8 Å². The molecule has 10 nitrogen and oxygen atoms in total. The molecule has 4 unspecified atom stereocenters. The van der Waals surface area contributed by atoms with Crippen molar-refractivity contribution in [2.75, 3.05) is 0 Å². The summed E-state index contributed by atoms with van der Waals surface area (Å²) in [5.41, 5.74) is 0.170. The van der Waals surface area contributed by atoms with Crippen molar-refractivity contribution in [3.05, 3.63) is 65.2 Å². The molecule has 0 aromatic heterocycles.